The van der Waals surface area contributed by atoms with Gasteiger partial charge in [-0.25, -0.2) is 0 Å². The van der Waals surface area contributed by atoms with Crippen molar-refractivity contribution in [1.29, 1.82) is 0 Å². The van der Waals surface area contributed by atoms with Crippen LogP contribution in [0.25, 0.3) is 0 Å². The third-order valence-corrected chi connectivity index (χ3v) is 6.01. The van der Waals surface area contributed by atoms with Crippen molar-refractivity contribution in [3.05, 3.63) is 29.8 Å². The summed E-state index contributed by atoms with van der Waals surface area (Å²) in [7, 11) is 0. The summed E-state index contributed by atoms with van der Waals surface area (Å²) in [5.41, 5.74) is 3.06. The lowest BCUT2D eigenvalue weighted by Gasteiger charge is -2.39. The number of aryl methyl sites for hydroxylation is 1. The van der Waals surface area contributed by atoms with Crippen LogP contribution in [0.5, 0.6) is 0 Å². The summed E-state index contributed by atoms with van der Waals surface area (Å²) in [6.45, 7) is 3.66. The molecule has 0 saturated carbocycles. The molecule has 0 aromatic heterocycles. The summed E-state index contributed by atoms with van der Waals surface area (Å²) in [6, 6.07) is 11.4. The molecule has 1 aromatic rings. The van der Waals surface area contributed by atoms with Crippen LogP contribution in [0.2, 0.25) is 0 Å². The van der Waals surface area contributed by atoms with Crippen LogP contribution < -0.4 is 10.2 Å². The fourth-order valence-corrected chi connectivity index (χ4v) is 4.83. The largest absolute Gasteiger partial charge is 0.369 e. The molecular weight excluding hydrogens is 256 g/mol. The summed E-state index contributed by atoms with van der Waals surface area (Å²) in [6.07, 6.45) is 9.63. The maximum atomic E-state index is 3.77. The first-order chi connectivity index (χ1) is 10.3. The molecule has 21 heavy (non-hydrogen) atoms. The van der Waals surface area contributed by atoms with Crippen molar-refractivity contribution >= 4 is 5.69 Å². The second-order valence-electron chi connectivity index (χ2n) is 7.47. The summed E-state index contributed by atoms with van der Waals surface area (Å²) in [4.78, 5) is 2.68. The molecule has 0 radical (unpaired) electrons. The van der Waals surface area contributed by atoms with Crippen LogP contribution in [0.3, 0.4) is 0 Å². The predicted molar refractivity (Wildman–Crippen MR) is 88.9 cm³/mol. The molecule has 3 heterocycles. The molecule has 1 N–H and O–H groups in total. The Kier molecular flexibility index (Phi) is 3.66. The van der Waals surface area contributed by atoms with E-state index in [0.717, 1.165) is 18.0 Å². The Balaban J connectivity index is 1.42. The van der Waals surface area contributed by atoms with Crippen LogP contribution in [0, 0.1) is 5.92 Å². The Hall–Kier alpha value is -1.02. The van der Waals surface area contributed by atoms with Gasteiger partial charge in [0.25, 0.3) is 0 Å². The van der Waals surface area contributed by atoms with Crippen molar-refractivity contribution < 1.29 is 0 Å². The molecule has 114 valence electrons. The molecule has 0 aliphatic carbocycles. The van der Waals surface area contributed by atoms with Gasteiger partial charge in [-0.2, -0.15) is 0 Å². The van der Waals surface area contributed by atoms with E-state index in [9.17, 15) is 0 Å². The first-order valence-electron chi connectivity index (χ1n) is 8.90. The lowest BCUT2D eigenvalue weighted by atomic mass is 9.88. The van der Waals surface area contributed by atoms with Gasteiger partial charge in [0.15, 0.2) is 0 Å². The van der Waals surface area contributed by atoms with Crippen LogP contribution in [-0.4, -0.2) is 24.7 Å². The van der Waals surface area contributed by atoms with Crippen molar-refractivity contribution in [1.82, 2.24) is 5.32 Å². The fraction of sp³-hybridized carbons (Fsp3) is 0.684. The lowest BCUT2D eigenvalue weighted by Crippen LogP contribution is -2.41. The van der Waals surface area contributed by atoms with E-state index in [4.69, 9.17) is 0 Å². The number of benzene rings is 1. The van der Waals surface area contributed by atoms with Crippen molar-refractivity contribution in [3.63, 3.8) is 0 Å². The van der Waals surface area contributed by atoms with Gasteiger partial charge in [-0.3, -0.25) is 0 Å². The van der Waals surface area contributed by atoms with Crippen LogP contribution in [0.1, 0.15) is 51.0 Å². The van der Waals surface area contributed by atoms with Crippen LogP contribution in [-0.2, 0) is 6.42 Å². The third kappa shape index (κ3) is 2.70. The van der Waals surface area contributed by atoms with E-state index in [0.29, 0.717) is 6.04 Å². The average molecular weight is 284 g/mol. The van der Waals surface area contributed by atoms with Gasteiger partial charge in [-0.15, -0.1) is 0 Å². The summed E-state index contributed by atoms with van der Waals surface area (Å²) >= 11 is 0. The van der Waals surface area contributed by atoms with E-state index < -0.39 is 0 Å². The lowest BCUT2D eigenvalue weighted by molar-refractivity contribution is 0.285. The zero-order chi connectivity index (χ0) is 14.2. The first-order valence-corrected chi connectivity index (χ1v) is 8.90. The Morgan fingerprint density at radius 1 is 1.10 bits per heavy atom. The minimum absolute atomic E-state index is 0.707. The monoisotopic (exact) mass is 284 g/mol. The molecule has 3 aliphatic heterocycles. The number of rotatable bonds is 3. The Bertz CT molecular complexity index is 486. The standard InChI is InChI=1S/C19H28N2/c1-14-6-7-16-4-2-3-5-19(16)21(14)11-10-15-12-17-8-9-18(13-15)20-17/h2-5,14-15,17-18,20H,6-13H2,1H3. The topological polar surface area (TPSA) is 15.3 Å². The van der Waals surface area contributed by atoms with Gasteiger partial charge >= 0.3 is 0 Å². The van der Waals surface area contributed by atoms with Gasteiger partial charge < -0.3 is 10.2 Å². The molecule has 0 spiro atoms. The third-order valence-electron chi connectivity index (χ3n) is 6.01. The van der Waals surface area contributed by atoms with Gasteiger partial charge in [-0.1, -0.05) is 18.2 Å². The molecule has 3 aliphatic rings. The van der Waals surface area contributed by atoms with E-state index in [2.05, 4.69) is 41.4 Å². The van der Waals surface area contributed by atoms with Gasteiger partial charge in [0.05, 0.1) is 0 Å². The SMILES string of the molecule is CC1CCc2ccccc2N1CCC1CC2CCC(C1)N2. The molecule has 4 rings (SSSR count). The fourth-order valence-electron chi connectivity index (χ4n) is 4.83. The van der Waals surface area contributed by atoms with Gasteiger partial charge in [-0.05, 0) is 69.4 Å². The smallest absolute Gasteiger partial charge is 0.0401 e. The molecule has 0 amide bonds. The van der Waals surface area contributed by atoms with E-state index in [1.54, 1.807) is 5.56 Å². The van der Waals surface area contributed by atoms with E-state index in [1.807, 2.05) is 0 Å². The Morgan fingerprint density at radius 3 is 2.67 bits per heavy atom. The molecule has 2 saturated heterocycles. The molecule has 3 unspecified atom stereocenters. The van der Waals surface area contributed by atoms with Crippen molar-refractivity contribution in [2.75, 3.05) is 11.4 Å². The predicted octanol–water partition coefficient (Wildman–Crippen LogP) is 3.75. The summed E-state index contributed by atoms with van der Waals surface area (Å²) < 4.78 is 0. The number of para-hydroxylation sites is 1. The Morgan fingerprint density at radius 2 is 1.86 bits per heavy atom. The zero-order valence-electron chi connectivity index (χ0n) is 13.2. The average Bonchev–Trinajstić information content (AvgIpc) is 2.85. The zero-order valence-corrected chi connectivity index (χ0v) is 13.2. The van der Waals surface area contributed by atoms with Crippen LogP contribution in [0.15, 0.2) is 24.3 Å². The molecule has 3 atom stereocenters. The number of nitrogens with one attached hydrogen (secondary N) is 1. The van der Waals surface area contributed by atoms with E-state index in [-0.39, 0.29) is 0 Å². The number of hydrogen-bond donors (Lipinski definition) is 1. The highest BCUT2D eigenvalue weighted by molar-refractivity contribution is 5.56. The number of piperidine rings is 1. The second-order valence-corrected chi connectivity index (χ2v) is 7.47. The van der Waals surface area contributed by atoms with Crippen LogP contribution >= 0.6 is 0 Å². The van der Waals surface area contributed by atoms with Crippen molar-refractivity contribution in [3.8, 4) is 0 Å². The minimum Gasteiger partial charge on any atom is -0.369 e. The van der Waals surface area contributed by atoms with E-state index in [1.165, 1.54) is 57.2 Å². The summed E-state index contributed by atoms with van der Waals surface area (Å²) in [5.74, 6) is 0.949. The highest BCUT2D eigenvalue weighted by Crippen LogP contribution is 2.35. The molecule has 2 heteroatoms. The highest BCUT2D eigenvalue weighted by Gasteiger charge is 2.33. The number of fused-ring (bicyclic) bond motifs is 3. The minimum atomic E-state index is 0.707. The molecule has 2 nitrogen and oxygen atoms in total. The molecule has 2 fully saturated rings. The van der Waals surface area contributed by atoms with Gasteiger partial charge in [0, 0.05) is 30.4 Å². The first kappa shape index (κ1) is 13.6. The second kappa shape index (κ2) is 5.64. The van der Waals surface area contributed by atoms with Crippen LogP contribution in [0.4, 0.5) is 5.69 Å². The summed E-state index contributed by atoms with van der Waals surface area (Å²) in [5, 5.41) is 3.77. The van der Waals surface area contributed by atoms with E-state index >= 15 is 0 Å². The number of hydrogen-bond acceptors (Lipinski definition) is 2. The quantitative estimate of drug-likeness (QED) is 0.909. The Labute approximate surface area is 128 Å². The number of anilines is 1. The maximum absolute atomic E-state index is 3.77. The van der Waals surface area contributed by atoms with Crippen molar-refractivity contribution in [2.24, 2.45) is 5.92 Å². The normalized spacial score (nSPS) is 34.8. The molecular formula is C19H28N2. The van der Waals surface area contributed by atoms with Crippen molar-refractivity contribution in [2.45, 2.75) is 70.0 Å². The molecule has 1 aromatic carbocycles. The maximum Gasteiger partial charge on any atom is 0.0401 e. The molecule has 2 bridgehead atoms. The number of nitrogens with zero attached hydrogens (tertiary/aromatic N) is 1. The highest BCUT2D eigenvalue weighted by atomic mass is 15.2. The van der Waals surface area contributed by atoms with Gasteiger partial charge in [0.2, 0.25) is 0 Å². The van der Waals surface area contributed by atoms with Gasteiger partial charge in [0.1, 0.15) is 0 Å².